The Morgan fingerprint density at radius 3 is 2.80 bits per heavy atom. The monoisotopic (exact) mass is 288 g/mol. The van der Waals surface area contributed by atoms with Crippen LogP contribution in [0.5, 0.6) is 0 Å². The summed E-state index contributed by atoms with van der Waals surface area (Å²) in [5, 5.41) is 0. The number of hydrogen-bond acceptors (Lipinski definition) is 4. The maximum Gasteiger partial charge on any atom is 0.263 e. The molecule has 0 saturated heterocycles. The molecule has 0 spiro atoms. The lowest BCUT2D eigenvalue weighted by Crippen LogP contribution is -2.13. The van der Waals surface area contributed by atoms with Gasteiger partial charge in [-0.1, -0.05) is 6.07 Å². The zero-order chi connectivity index (χ0) is 14.2. The van der Waals surface area contributed by atoms with E-state index in [4.69, 9.17) is 0 Å². The summed E-state index contributed by atoms with van der Waals surface area (Å²) < 4.78 is 27.0. The lowest BCUT2D eigenvalue weighted by atomic mass is 10.3. The van der Waals surface area contributed by atoms with Gasteiger partial charge in [-0.3, -0.25) is 4.72 Å². The summed E-state index contributed by atoms with van der Waals surface area (Å²) in [4.78, 5) is 11.4. The van der Waals surface area contributed by atoms with E-state index >= 15 is 0 Å². The van der Waals surface area contributed by atoms with Crippen molar-refractivity contribution in [3.05, 3.63) is 48.4 Å². The highest BCUT2D eigenvalue weighted by Gasteiger charge is 2.15. The van der Waals surface area contributed by atoms with E-state index in [1.165, 1.54) is 12.3 Å². The molecule has 0 aliphatic carbocycles. The molecule has 0 radical (unpaired) electrons. The fourth-order valence-electron chi connectivity index (χ4n) is 1.90. The Labute approximate surface area is 115 Å². The van der Waals surface area contributed by atoms with Gasteiger partial charge in [-0.05, 0) is 37.3 Å². The van der Waals surface area contributed by atoms with Crippen LogP contribution in [0.1, 0.15) is 5.82 Å². The van der Waals surface area contributed by atoms with Crippen molar-refractivity contribution in [2.45, 2.75) is 11.8 Å². The number of H-pyrrole nitrogens is 1. The summed E-state index contributed by atoms with van der Waals surface area (Å²) in [5.74, 6) is 1.03. The average molecular weight is 288 g/mol. The van der Waals surface area contributed by atoms with Crippen molar-refractivity contribution in [2.24, 2.45) is 0 Å². The molecule has 7 heteroatoms. The van der Waals surface area contributed by atoms with Crippen molar-refractivity contribution in [3.8, 4) is 0 Å². The summed E-state index contributed by atoms with van der Waals surface area (Å²) in [5.41, 5.74) is 1.42. The first-order valence-corrected chi connectivity index (χ1v) is 7.43. The second-order valence-electron chi connectivity index (χ2n) is 4.32. The molecule has 0 amide bonds. The van der Waals surface area contributed by atoms with Gasteiger partial charge in [0, 0.05) is 6.20 Å². The molecule has 0 fully saturated rings. The SMILES string of the molecule is Cc1nc2ccc(S(=O)(=O)Nc3ccccn3)cc2[nH]1. The minimum atomic E-state index is -3.66. The molecule has 102 valence electrons. The minimum absolute atomic E-state index is 0.166. The third-order valence-corrected chi connectivity index (χ3v) is 4.14. The molecule has 2 aromatic heterocycles. The summed E-state index contributed by atoms with van der Waals surface area (Å²) in [6.07, 6.45) is 1.53. The number of sulfonamides is 1. The van der Waals surface area contributed by atoms with Crippen molar-refractivity contribution in [2.75, 3.05) is 4.72 Å². The Morgan fingerprint density at radius 2 is 2.05 bits per heavy atom. The number of hydrogen-bond donors (Lipinski definition) is 2. The Kier molecular flexibility index (Phi) is 2.90. The molecule has 0 atom stereocenters. The number of aromatic nitrogens is 3. The molecule has 0 bridgehead atoms. The third kappa shape index (κ3) is 2.35. The highest BCUT2D eigenvalue weighted by atomic mass is 32.2. The van der Waals surface area contributed by atoms with Gasteiger partial charge < -0.3 is 4.98 Å². The molecule has 0 aliphatic rings. The van der Waals surface area contributed by atoms with Crippen LogP contribution >= 0.6 is 0 Å². The lowest BCUT2D eigenvalue weighted by molar-refractivity contribution is 0.601. The van der Waals surface area contributed by atoms with E-state index in [-0.39, 0.29) is 10.7 Å². The van der Waals surface area contributed by atoms with Gasteiger partial charge in [-0.15, -0.1) is 0 Å². The number of imidazole rings is 1. The second-order valence-corrected chi connectivity index (χ2v) is 6.00. The first-order chi connectivity index (χ1) is 9.54. The van der Waals surface area contributed by atoms with Gasteiger partial charge in [0.1, 0.15) is 11.6 Å². The molecule has 3 aromatic rings. The number of benzene rings is 1. The molecule has 6 nitrogen and oxygen atoms in total. The number of anilines is 1. The summed E-state index contributed by atoms with van der Waals surface area (Å²) in [6, 6.07) is 9.78. The fraction of sp³-hybridized carbons (Fsp3) is 0.0769. The molecule has 3 rings (SSSR count). The number of rotatable bonds is 3. The zero-order valence-electron chi connectivity index (χ0n) is 10.7. The lowest BCUT2D eigenvalue weighted by Gasteiger charge is -2.06. The van der Waals surface area contributed by atoms with Crippen LogP contribution in [-0.4, -0.2) is 23.4 Å². The Balaban J connectivity index is 2.00. The smallest absolute Gasteiger partial charge is 0.263 e. The maximum absolute atomic E-state index is 12.3. The van der Waals surface area contributed by atoms with E-state index in [1.54, 1.807) is 30.3 Å². The summed E-state index contributed by atoms with van der Waals surface area (Å²) in [7, 11) is -3.66. The zero-order valence-corrected chi connectivity index (χ0v) is 11.5. The molecule has 2 heterocycles. The Hall–Kier alpha value is -2.41. The first-order valence-electron chi connectivity index (χ1n) is 5.95. The number of aromatic amines is 1. The van der Waals surface area contributed by atoms with Crippen molar-refractivity contribution < 1.29 is 8.42 Å². The van der Waals surface area contributed by atoms with E-state index in [0.29, 0.717) is 5.52 Å². The van der Waals surface area contributed by atoms with Crippen LogP contribution in [0.25, 0.3) is 11.0 Å². The molecular formula is C13H12N4O2S. The summed E-state index contributed by atoms with van der Waals surface area (Å²) >= 11 is 0. The Morgan fingerprint density at radius 1 is 1.20 bits per heavy atom. The fourth-order valence-corrected chi connectivity index (χ4v) is 2.94. The van der Waals surface area contributed by atoms with Gasteiger partial charge >= 0.3 is 0 Å². The van der Waals surface area contributed by atoms with Crippen LogP contribution < -0.4 is 4.72 Å². The van der Waals surface area contributed by atoms with Gasteiger partial charge in [0.2, 0.25) is 0 Å². The number of fused-ring (bicyclic) bond motifs is 1. The van der Waals surface area contributed by atoms with Gasteiger partial charge in [-0.2, -0.15) is 0 Å². The van der Waals surface area contributed by atoms with Crippen LogP contribution in [0.2, 0.25) is 0 Å². The third-order valence-electron chi connectivity index (χ3n) is 2.79. The number of pyridine rings is 1. The number of nitrogens with one attached hydrogen (secondary N) is 2. The van der Waals surface area contributed by atoms with Crippen LogP contribution in [-0.2, 0) is 10.0 Å². The van der Waals surface area contributed by atoms with Crippen LogP contribution in [0, 0.1) is 6.92 Å². The van der Waals surface area contributed by atoms with Gasteiger partial charge in [0.25, 0.3) is 10.0 Å². The molecule has 1 aromatic carbocycles. The van der Waals surface area contributed by atoms with Crippen molar-refractivity contribution in [1.82, 2.24) is 15.0 Å². The average Bonchev–Trinajstić information content (AvgIpc) is 2.78. The van der Waals surface area contributed by atoms with Crippen molar-refractivity contribution >= 4 is 26.9 Å². The standard InChI is InChI=1S/C13H12N4O2S/c1-9-15-11-6-5-10(8-12(11)16-9)20(18,19)17-13-4-2-3-7-14-13/h2-8H,1H3,(H,14,17)(H,15,16). The van der Waals surface area contributed by atoms with Crippen LogP contribution in [0.15, 0.2) is 47.5 Å². The molecule has 2 N–H and O–H groups in total. The van der Waals surface area contributed by atoms with E-state index in [0.717, 1.165) is 11.3 Å². The van der Waals surface area contributed by atoms with Crippen molar-refractivity contribution in [3.63, 3.8) is 0 Å². The van der Waals surface area contributed by atoms with E-state index < -0.39 is 10.0 Å². The van der Waals surface area contributed by atoms with Crippen LogP contribution in [0.3, 0.4) is 0 Å². The first kappa shape index (κ1) is 12.6. The van der Waals surface area contributed by atoms with Gasteiger partial charge in [0.15, 0.2) is 0 Å². The predicted octanol–water partition coefficient (Wildman–Crippen LogP) is 2.07. The van der Waals surface area contributed by atoms with Crippen molar-refractivity contribution in [1.29, 1.82) is 0 Å². The molecular weight excluding hydrogens is 276 g/mol. The Bertz CT molecular complexity index is 856. The second kappa shape index (κ2) is 4.61. The topological polar surface area (TPSA) is 87.7 Å². The number of aryl methyl sites for hydroxylation is 1. The molecule has 0 unspecified atom stereocenters. The maximum atomic E-state index is 12.3. The van der Waals surface area contributed by atoms with E-state index in [1.807, 2.05) is 6.92 Å². The predicted molar refractivity (Wildman–Crippen MR) is 75.9 cm³/mol. The van der Waals surface area contributed by atoms with E-state index in [2.05, 4.69) is 19.7 Å². The quantitative estimate of drug-likeness (QED) is 0.772. The summed E-state index contributed by atoms with van der Waals surface area (Å²) in [6.45, 7) is 1.82. The highest BCUT2D eigenvalue weighted by Crippen LogP contribution is 2.19. The molecule has 0 aliphatic heterocycles. The van der Waals surface area contributed by atoms with Gasteiger partial charge in [0.05, 0.1) is 15.9 Å². The van der Waals surface area contributed by atoms with E-state index in [9.17, 15) is 8.42 Å². The highest BCUT2D eigenvalue weighted by molar-refractivity contribution is 7.92. The van der Waals surface area contributed by atoms with Crippen LogP contribution in [0.4, 0.5) is 5.82 Å². The normalized spacial score (nSPS) is 11.7. The largest absolute Gasteiger partial charge is 0.342 e. The number of nitrogens with zero attached hydrogens (tertiary/aromatic N) is 2. The minimum Gasteiger partial charge on any atom is -0.342 e. The molecule has 20 heavy (non-hydrogen) atoms. The molecule has 0 saturated carbocycles. The van der Waals surface area contributed by atoms with Gasteiger partial charge in [-0.25, -0.2) is 18.4 Å².